The van der Waals surface area contributed by atoms with Crippen LogP contribution in [0.2, 0.25) is 0 Å². The second-order valence-electron chi connectivity index (χ2n) is 4.50. The maximum atomic E-state index is 5.73. The fourth-order valence-corrected chi connectivity index (χ4v) is 2.29. The molecule has 0 amide bonds. The van der Waals surface area contributed by atoms with Crippen LogP contribution < -0.4 is 0 Å². The van der Waals surface area contributed by atoms with Gasteiger partial charge in [0.1, 0.15) is 0 Å². The van der Waals surface area contributed by atoms with Crippen molar-refractivity contribution in [2.75, 3.05) is 5.88 Å². The molecule has 0 aliphatic rings. The molecule has 0 aliphatic carbocycles. The lowest BCUT2D eigenvalue weighted by molar-refractivity contribution is 1.19. The Morgan fingerprint density at radius 1 is 1.12 bits per heavy atom. The van der Waals surface area contributed by atoms with Crippen molar-refractivity contribution < 1.29 is 0 Å². The van der Waals surface area contributed by atoms with E-state index in [2.05, 4.69) is 46.8 Å². The molecule has 1 rings (SSSR count). The monoisotopic (exact) mass is 236 g/mol. The van der Waals surface area contributed by atoms with Gasteiger partial charge in [0, 0.05) is 5.88 Å². The van der Waals surface area contributed by atoms with Crippen LogP contribution in [-0.2, 0) is 0 Å². The van der Waals surface area contributed by atoms with E-state index in [1.54, 1.807) is 0 Å². The number of alkyl halides is 1. The minimum atomic E-state index is 0.695. The molecule has 0 saturated heterocycles. The summed E-state index contributed by atoms with van der Waals surface area (Å²) in [7, 11) is 0. The predicted octanol–water partition coefficient (Wildman–Crippen LogP) is 4.95. The van der Waals surface area contributed by atoms with E-state index in [0.717, 1.165) is 6.42 Å². The predicted molar refractivity (Wildman–Crippen MR) is 74.4 cm³/mol. The van der Waals surface area contributed by atoms with Gasteiger partial charge in [0.2, 0.25) is 0 Å². The first kappa shape index (κ1) is 13.3. The van der Waals surface area contributed by atoms with Crippen molar-refractivity contribution in [1.82, 2.24) is 0 Å². The van der Waals surface area contributed by atoms with Gasteiger partial charge >= 0.3 is 0 Å². The summed E-state index contributed by atoms with van der Waals surface area (Å²) in [5.74, 6) is 0.695. The van der Waals surface area contributed by atoms with Gasteiger partial charge < -0.3 is 0 Å². The number of allylic oxidation sites excluding steroid dienone is 2. The lowest BCUT2D eigenvalue weighted by atomic mass is 9.90. The maximum Gasteiger partial charge on any atom is 0.0258 e. The van der Waals surface area contributed by atoms with E-state index in [1.807, 2.05) is 0 Å². The molecule has 0 N–H and O–H groups in total. The molecule has 0 saturated carbocycles. The van der Waals surface area contributed by atoms with Gasteiger partial charge in [0.25, 0.3) is 0 Å². The Morgan fingerprint density at radius 2 is 1.62 bits per heavy atom. The van der Waals surface area contributed by atoms with Gasteiger partial charge in [-0.15, -0.1) is 11.6 Å². The van der Waals surface area contributed by atoms with Crippen molar-refractivity contribution in [3.8, 4) is 0 Å². The molecular weight excluding hydrogens is 216 g/mol. The summed E-state index contributed by atoms with van der Waals surface area (Å²) < 4.78 is 0. The highest BCUT2D eigenvalue weighted by atomic mass is 35.5. The van der Waals surface area contributed by atoms with Crippen molar-refractivity contribution in [2.45, 2.75) is 41.0 Å². The van der Waals surface area contributed by atoms with E-state index >= 15 is 0 Å². The third kappa shape index (κ3) is 2.68. The van der Waals surface area contributed by atoms with Crippen molar-refractivity contribution in [3.63, 3.8) is 0 Å². The lowest BCUT2D eigenvalue weighted by Gasteiger charge is -2.16. The molecule has 0 unspecified atom stereocenters. The first-order valence-electron chi connectivity index (χ1n) is 5.79. The van der Waals surface area contributed by atoms with Gasteiger partial charge in [0.15, 0.2) is 0 Å². The van der Waals surface area contributed by atoms with Crippen molar-refractivity contribution in [2.24, 2.45) is 0 Å². The standard InChI is InChI=1S/C15H21Cl/c1-10(7-6-8-16)15-13(4)11(2)9-12(3)14(15)5/h7,9H,6,8H2,1-5H3/b10-7+. The summed E-state index contributed by atoms with van der Waals surface area (Å²) in [6.07, 6.45) is 3.18. The lowest BCUT2D eigenvalue weighted by Crippen LogP contribution is -1.97. The molecular formula is C15H21Cl. The number of hydrogen-bond acceptors (Lipinski definition) is 0. The fraction of sp³-hybridized carbons (Fsp3) is 0.467. The van der Waals surface area contributed by atoms with Crippen molar-refractivity contribution in [3.05, 3.63) is 40.0 Å². The smallest absolute Gasteiger partial charge is 0.0258 e. The molecule has 0 fully saturated rings. The van der Waals surface area contributed by atoms with Crippen LogP contribution >= 0.6 is 11.6 Å². The summed E-state index contributed by atoms with van der Waals surface area (Å²) in [6.45, 7) is 10.9. The van der Waals surface area contributed by atoms with E-state index in [1.165, 1.54) is 33.4 Å². The Kier molecular flexibility index (Phi) is 4.61. The molecule has 0 bridgehead atoms. The van der Waals surface area contributed by atoms with E-state index in [4.69, 9.17) is 11.6 Å². The Labute approximate surface area is 104 Å². The summed E-state index contributed by atoms with van der Waals surface area (Å²) in [6, 6.07) is 2.27. The molecule has 0 aromatic heterocycles. The van der Waals surface area contributed by atoms with Crippen LogP contribution in [0.5, 0.6) is 0 Å². The zero-order valence-electron chi connectivity index (χ0n) is 10.9. The quantitative estimate of drug-likeness (QED) is 0.652. The van der Waals surface area contributed by atoms with E-state index in [-0.39, 0.29) is 0 Å². The van der Waals surface area contributed by atoms with E-state index in [9.17, 15) is 0 Å². The van der Waals surface area contributed by atoms with Crippen LogP contribution in [-0.4, -0.2) is 5.88 Å². The molecule has 1 aromatic carbocycles. The topological polar surface area (TPSA) is 0 Å². The maximum absolute atomic E-state index is 5.73. The van der Waals surface area contributed by atoms with Crippen LogP contribution in [0.1, 0.15) is 41.2 Å². The van der Waals surface area contributed by atoms with E-state index < -0.39 is 0 Å². The second-order valence-corrected chi connectivity index (χ2v) is 4.88. The highest BCUT2D eigenvalue weighted by Gasteiger charge is 2.09. The molecule has 0 radical (unpaired) electrons. The number of halogens is 1. The highest BCUT2D eigenvalue weighted by molar-refractivity contribution is 6.17. The third-order valence-electron chi connectivity index (χ3n) is 3.32. The van der Waals surface area contributed by atoms with Crippen molar-refractivity contribution in [1.29, 1.82) is 0 Å². The Balaban J connectivity index is 3.32. The summed E-state index contributed by atoms with van der Waals surface area (Å²) >= 11 is 5.73. The van der Waals surface area contributed by atoms with Gasteiger partial charge in [0.05, 0.1) is 0 Å². The Bertz CT molecular complexity index is 388. The zero-order chi connectivity index (χ0) is 12.3. The molecule has 1 aromatic rings. The van der Waals surface area contributed by atoms with E-state index in [0.29, 0.717) is 5.88 Å². The van der Waals surface area contributed by atoms with Gasteiger partial charge in [-0.25, -0.2) is 0 Å². The first-order valence-corrected chi connectivity index (χ1v) is 6.33. The Hall–Kier alpha value is -0.750. The van der Waals surface area contributed by atoms with Gasteiger partial charge in [-0.1, -0.05) is 12.1 Å². The van der Waals surface area contributed by atoms with Gasteiger partial charge in [-0.05, 0) is 74.4 Å². The number of aryl methyl sites for hydroxylation is 2. The summed E-state index contributed by atoms with van der Waals surface area (Å²) in [5, 5.41) is 0. The normalized spacial score (nSPS) is 12.0. The number of rotatable bonds is 3. The molecule has 0 aliphatic heterocycles. The first-order chi connectivity index (χ1) is 7.49. The van der Waals surface area contributed by atoms with Crippen LogP contribution in [0.15, 0.2) is 12.1 Å². The highest BCUT2D eigenvalue weighted by Crippen LogP contribution is 2.28. The fourth-order valence-electron chi connectivity index (χ4n) is 2.18. The summed E-state index contributed by atoms with van der Waals surface area (Å²) in [4.78, 5) is 0. The molecule has 0 atom stereocenters. The van der Waals surface area contributed by atoms with Gasteiger partial charge in [-0.2, -0.15) is 0 Å². The molecule has 16 heavy (non-hydrogen) atoms. The number of hydrogen-bond donors (Lipinski definition) is 0. The molecule has 88 valence electrons. The third-order valence-corrected chi connectivity index (χ3v) is 3.54. The average Bonchev–Trinajstić information content (AvgIpc) is 2.24. The van der Waals surface area contributed by atoms with Crippen LogP contribution in [0, 0.1) is 27.7 Å². The SMILES string of the molecule is C/C(=C\CCCl)c1c(C)c(C)cc(C)c1C. The molecule has 0 spiro atoms. The largest absolute Gasteiger partial charge is 0.126 e. The zero-order valence-corrected chi connectivity index (χ0v) is 11.7. The van der Waals surface area contributed by atoms with Crippen molar-refractivity contribution >= 4 is 17.2 Å². The molecule has 1 heteroatoms. The molecule has 0 nitrogen and oxygen atoms in total. The Morgan fingerprint density at radius 3 is 2.06 bits per heavy atom. The number of benzene rings is 1. The summed E-state index contributed by atoms with van der Waals surface area (Å²) in [5.41, 5.74) is 8.29. The second kappa shape index (κ2) is 5.54. The minimum absolute atomic E-state index is 0.695. The van der Waals surface area contributed by atoms with Crippen LogP contribution in [0.4, 0.5) is 0 Å². The average molecular weight is 237 g/mol. The van der Waals surface area contributed by atoms with Gasteiger partial charge in [-0.3, -0.25) is 0 Å². The van der Waals surface area contributed by atoms with Crippen LogP contribution in [0.3, 0.4) is 0 Å². The molecule has 0 heterocycles. The minimum Gasteiger partial charge on any atom is -0.126 e. The van der Waals surface area contributed by atoms with Crippen LogP contribution in [0.25, 0.3) is 5.57 Å².